The summed E-state index contributed by atoms with van der Waals surface area (Å²) in [4.78, 5) is 47.1. The summed E-state index contributed by atoms with van der Waals surface area (Å²) >= 11 is 2.52. The third-order valence-corrected chi connectivity index (χ3v) is 7.65. The smallest absolute Gasteiger partial charge is 0.543 e. The van der Waals surface area contributed by atoms with Crippen molar-refractivity contribution in [2.75, 3.05) is 5.75 Å². The number of β-lactam (4-membered cyclic amide) rings is 1. The van der Waals surface area contributed by atoms with Gasteiger partial charge in [-0.15, -0.1) is 11.8 Å². The fourth-order valence-electron chi connectivity index (χ4n) is 3.61. The maximum atomic E-state index is 12.8. The molecule has 0 bridgehead atoms. The minimum Gasteiger partial charge on any atom is -0.543 e. The van der Waals surface area contributed by atoms with Crippen molar-refractivity contribution < 1.29 is 49.0 Å². The molecule has 4 heterocycles. The quantitative estimate of drug-likeness (QED) is 0.211. The molecule has 0 aliphatic carbocycles. The molecular weight excluding hydrogens is 475 g/mol. The number of amides is 2. The summed E-state index contributed by atoms with van der Waals surface area (Å²) in [6, 6.07) is 8.40. The molecule has 1 unspecified atom stereocenters. The van der Waals surface area contributed by atoms with Crippen LogP contribution in [0.15, 0.2) is 58.5 Å². The van der Waals surface area contributed by atoms with E-state index in [1.165, 1.54) is 23.0 Å². The van der Waals surface area contributed by atoms with Gasteiger partial charge in [-0.1, -0.05) is 42.1 Å². The number of rotatable bonds is 6. The van der Waals surface area contributed by atoms with E-state index in [4.69, 9.17) is 0 Å². The fraction of sp³-hybridized carbons (Fsp3) is 0.200. The first-order valence-electron chi connectivity index (χ1n) is 9.57. The predicted molar refractivity (Wildman–Crippen MR) is 115 cm³/mol. The van der Waals surface area contributed by atoms with Crippen LogP contribution in [0.2, 0.25) is 0 Å². The number of H-pyrrole nitrogens is 1. The van der Waals surface area contributed by atoms with Gasteiger partial charge in [-0.3, -0.25) is 19.6 Å². The number of hydrogen-bond acceptors (Lipinski definition) is 9. The molecule has 0 spiro atoms. The Balaban J connectivity index is 0.00000259. The van der Waals surface area contributed by atoms with Gasteiger partial charge in [0.15, 0.2) is 5.65 Å². The minimum absolute atomic E-state index is 0. The number of aromatic amines is 1. The standard InChI is InChI=1S/C20H16N6O4S2.Na/c27-13(6-10-4-2-1-3-5-10)24-14-18(28)26-15(20(29)30)12(8-31-19(14)26)32-17-11-7-23-25-16(11)21-9-22-17;/h1-5,7,9,14,19H,6,8H2,(H,24,27)(H,29,30)(H,21,22,23,25);/q;+1/p-1/t14?,19-;/m1./s1. The maximum Gasteiger partial charge on any atom is 1.00 e. The zero-order valence-corrected chi connectivity index (χ0v) is 21.0. The molecule has 3 aromatic rings. The summed E-state index contributed by atoms with van der Waals surface area (Å²) < 4.78 is 0. The largest absolute Gasteiger partial charge is 1.00 e. The molecule has 10 nitrogen and oxygen atoms in total. The van der Waals surface area contributed by atoms with Crippen LogP contribution in [0.1, 0.15) is 5.56 Å². The van der Waals surface area contributed by atoms with E-state index in [1.54, 1.807) is 6.20 Å². The van der Waals surface area contributed by atoms with Gasteiger partial charge in [0.05, 0.1) is 29.7 Å². The molecule has 162 valence electrons. The van der Waals surface area contributed by atoms with Crippen LogP contribution < -0.4 is 40.0 Å². The van der Waals surface area contributed by atoms with E-state index < -0.39 is 23.3 Å². The van der Waals surface area contributed by atoms with Crippen molar-refractivity contribution in [2.45, 2.75) is 22.9 Å². The van der Waals surface area contributed by atoms with E-state index >= 15 is 0 Å². The molecule has 0 radical (unpaired) electrons. The first kappa shape index (κ1) is 23.8. The second kappa shape index (κ2) is 9.85. The third-order valence-electron chi connectivity index (χ3n) is 5.08. The van der Waals surface area contributed by atoms with Gasteiger partial charge in [-0.05, 0) is 5.56 Å². The second-order valence-electron chi connectivity index (χ2n) is 7.09. The SMILES string of the molecule is O=C(Cc1ccccc1)NC1C(=O)N2C(C(=O)[O-])=C(Sc3ncnc4[nH]ncc34)CS[C@H]12.[Na+]. The molecule has 1 fully saturated rings. The molecule has 5 rings (SSSR count). The number of carboxylic acid groups (broad SMARTS) is 1. The summed E-state index contributed by atoms with van der Waals surface area (Å²) in [5, 5.41) is 22.0. The van der Waals surface area contributed by atoms with Gasteiger partial charge in [-0.2, -0.15) is 5.10 Å². The number of benzene rings is 1. The van der Waals surface area contributed by atoms with E-state index in [-0.39, 0.29) is 47.6 Å². The van der Waals surface area contributed by atoms with Gasteiger partial charge >= 0.3 is 29.6 Å². The molecule has 0 saturated carbocycles. The average molecular weight is 491 g/mol. The predicted octanol–water partition coefficient (Wildman–Crippen LogP) is -2.95. The number of carbonyl (C=O) groups is 3. The Morgan fingerprint density at radius 1 is 1.27 bits per heavy atom. The Bertz CT molecular complexity index is 1270. The van der Waals surface area contributed by atoms with Crippen LogP contribution in [0.25, 0.3) is 11.0 Å². The molecule has 1 aromatic carbocycles. The van der Waals surface area contributed by atoms with Crippen LogP contribution in [-0.2, 0) is 20.8 Å². The topological polar surface area (TPSA) is 144 Å². The van der Waals surface area contributed by atoms with Crippen molar-refractivity contribution in [3.05, 3.63) is 59.0 Å². The second-order valence-corrected chi connectivity index (χ2v) is 9.28. The molecule has 2 aliphatic heterocycles. The van der Waals surface area contributed by atoms with E-state index in [9.17, 15) is 19.5 Å². The van der Waals surface area contributed by atoms with E-state index in [0.717, 1.165) is 17.3 Å². The Hall–Kier alpha value is -2.38. The Labute approximate surface area is 218 Å². The van der Waals surface area contributed by atoms with E-state index in [0.29, 0.717) is 26.7 Å². The molecule has 13 heteroatoms. The minimum atomic E-state index is -1.45. The van der Waals surface area contributed by atoms with Crippen LogP contribution in [0.5, 0.6) is 0 Å². The normalized spacial score (nSPS) is 19.5. The van der Waals surface area contributed by atoms with Crippen molar-refractivity contribution in [3.8, 4) is 0 Å². The average Bonchev–Trinajstić information content (AvgIpc) is 3.27. The summed E-state index contributed by atoms with van der Waals surface area (Å²) in [5.41, 5.74) is 1.17. The Morgan fingerprint density at radius 3 is 2.82 bits per heavy atom. The van der Waals surface area contributed by atoms with Crippen LogP contribution in [0.4, 0.5) is 0 Å². The number of aromatic nitrogens is 4. The van der Waals surface area contributed by atoms with Gasteiger partial charge in [0.1, 0.15) is 22.8 Å². The zero-order chi connectivity index (χ0) is 22.2. The van der Waals surface area contributed by atoms with Crippen LogP contribution in [0.3, 0.4) is 0 Å². The van der Waals surface area contributed by atoms with E-state index in [1.807, 2.05) is 30.3 Å². The molecular formula is C20H15N6NaO4S2. The number of carbonyl (C=O) groups excluding carboxylic acids is 3. The van der Waals surface area contributed by atoms with Crippen molar-refractivity contribution in [2.24, 2.45) is 0 Å². The van der Waals surface area contributed by atoms with Gasteiger partial charge in [0.2, 0.25) is 5.91 Å². The van der Waals surface area contributed by atoms with Crippen molar-refractivity contribution in [1.82, 2.24) is 30.4 Å². The molecule has 2 atom stereocenters. The van der Waals surface area contributed by atoms with Gasteiger partial charge in [-0.25, -0.2) is 9.97 Å². The number of nitrogens with one attached hydrogen (secondary N) is 2. The third kappa shape index (κ3) is 4.53. The molecule has 1 saturated heterocycles. The number of aliphatic carboxylic acids is 1. The number of nitrogens with zero attached hydrogens (tertiary/aromatic N) is 4. The molecule has 2 aliphatic rings. The number of hydrogen-bond donors (Lipinski definition) is 2. The molecule has 2 aromatic heterocycles. The van der Waals surface area contributed by atoms with Crippen molar-refractivity contribution in [3.63, 3.8) is 0 Å². The van der Waals surface area contributed by atoms with Crippen molar-refractivity contribution in [1.29, 1.82) is 0 Å². The first-order chi connectivity index (χ1) is 15.5. The van der Waals surface area contributed by atoms with E-state index in [2.05, 4.69) is 25.5 Å². The van der Waals surface area contributed by atoms with Gasteiger partial charge in [0.25, 0.3) is 5.91 Å². The van der Waals surface area contributed by atoms with Crippen LogP contribution in [-0.4, -0.2) is 60.0 Å². The van der Waals surface area contributed by atoms with Crippen LogP contribution in [0, 0.1) is 0 Å². The van der Waals surface area contributed by atoms with Gasteiger partial charge in [0, 0.05) is 10.7 Å². The zero-order valence-electron chi connectivity index (χ0n) is 17.3. The summed E-state index contributed by atoms with van der Waals surface area (Å²) in [6.07, 6.45) is 3.05. The summed E-state index contributed by atoms with van der Waals surface area (Å²) in [5.74, 6) is -1.89. The maximum absolute atomic E-state index is 12.8. The van der Waals surface area contributed by atoms with Gasteiger partial charge < -0.3 is 15.2 Å². The van der Waals surface area contributed by atoms with Crippen LogP contribution >= 0.6 is 23.5 Å². The van der Waals surface area contributed by atoms with Crippen molar-refractivity contribution >= 4 is 52.3 Å². The monoisotopic (exact) mass is 490 g/mol. The fourth-order valence-corrected chi connectivity index (χ4v) is 6.11. The molecule has 33 heavy (non-hydrogen) atoms. The number of fused-ring (bicyclic) bond motifs is 2. The number of carboxylic acids is 1. The Morgan fingerprint density at radius 2 is 2.06 bits per heavy atom. The first-order valence-corrected chi connectivity index (χ1v) is 11.4. The molecule has 2 amide bonds. The Kier molecular flexibility index (Phi) is 7.10. The summed E-state index contributed by atoms with van der Waals surface area (Å²) in [6.45, 7) is 0. The summed E-state index contributed by atoms with van der Waals surface area (Å²) in [7, 11) is 0. The molecule has 2 N–H and O–H groups in total. The number of thioether (sulfide) groups is 2.